The van der Waals surface area contributed by atoms with Crippen molar-refractivity contribution in [1.82, 2.24) is 5.32 Å². The van der Waals surface area contributed by atoms with Crippen LogP contribution in [0.5, 0.6) is 17.2 Å². The Morgan fingerprint density at radius 2 is 1.86 bits per heavy atom. The molecule has 0 bridgehead atoms. The van der Waals surface area contributed by atoms with Gasteiger partial charge in [-0.05, 0) is 55.8 Å². The first kappa shape index (κ1) is 18.1. The van der Waals surface area contributed by atoms with Crippen molar-refractivity contribution in [3.05, 3.63) is 89.0 Å². The van der Waals surface area contributed by atoms with E-state index in [0.29, 0.717) is 12.1 Å². The lowest BCUT2D eigenvalue weighted by Gasteiger charge is -2.13. The van der Waals surface area contributed by atoms with E-state index in [9.17, 15) is 4.79 Å². The first-order valence-corrected chi connectivity index (χ1v) is 9.46. The smallest absolute Gasteiger partial charge is 0.251 e. The molecule has 0 aromatic heterocycles. The number of hydrogen-bond acceptors (Lipinski definition) is 3. The van der Waals surface area contributed by atoms with Crippen LogP contribution in [-0.2, 0) is 6.42 Å². The lowest BCUT2D eigenvalue weighted by Crippen LogP contribution is -2.34. The van der Waals surface area contributed by atoms with E-state index in [1.54, 1.807) is 0 Å². The topological polar surface area (TPSA) is 47.6 Å². The maximum absolute atomic E-state index is 12.5. The average molecular weight is 373 g/mol. The lowest BCUT2D eigenvalue weighted by molar-refractivity contribution is 0.0933. The molecule has 28 heavy (non-hydrogen) atoms. The molecule has 3 aromatic rings. The van der Waals surface area contributed by atoms with Gasteiger partial charge in [-0.15, -0.1) is 0 Å². The van der Waals surface area contributed by atoms with Crippen LogP contribution in [0.4, 0.5) is 0 Å². The van der Waals surface area contributed by atoms with Crippen LogP contribution in [0, 0.1) is 13.8 Å². The summed E-state index contributed by atoms with van der Waals surface area (Å²) < 4.78 is 11.9. The number of ether oxygens (including phenoxy) is 2. The second-order valence-corrected chi connectivity index (χ2v) is 7.16. The van der Waals surface area contributed by atoms with Crippen LogP contribution >= 0.6 is 0 Å². The Labute approximate surface area is 165 Å². The second kappa shape index (κ2) is 7.77. The SMILES string of the molecule is Cc1ccc(C(=O)NCC2Cc3cc(Oc4ccccc4)ccc3O2)c(C)c1. The fraction of sp³-hybridized carbons (Fsp3) is 0.208. The molecule has 0 saturated carbocycles. The van der Waals surface area contributed by atoms with E-state index in [1.165, 1.54) is 0 Å². The number of rotatable bonds is 5. The molecule has 1 amide bonds. The molecule has 1 N–H and O–H groups in total. The Morgan fingerprint density at radius 3 is 2.64 bits per heavy atom. The van der Waals surface area contributed by atoms with Gasteiger partial charge < -0.3 is 14.8 Å². The highest BCUT2D eigenvalue weighted by Crippen LogP contribution is 2.33. The largest absolute Gasteiger partial charge is 0.488 e. The summed E-state index contributed by atoms with van der Waals surface area (Å²) in [5, 5.41) is 3.00. The Balaban J connectivity index is 1.36. The number of aryl methyl sites for hydroxylation is 2. The van der Waals surface area contributed by atoms with Gasteiger partial charge >= 0.3 is 0 Å². The number of nitrogens with one attached hydrogen (secondary N) is 1. The van der Waals surface area contributed by atoms with Gasteiger partial charge in [0.05, 0.1) is 6.54 Å². The van der Waals surface area contributed by atoms with Gasteiger partial charge in [0.25, 0.3) is 5.91 Å². The molecule has 0 radical (unpaired) electrons. The van der Waals surface area contributed by atoms with Crippen LogP contribution in [0.25, 0.3) is 0 Å². The van der Waals surface area contributed by atoms with Crippen molar-refractivity contribution >= 4 is 5.91 Å². The highest BCUT2D eigenvalue weighted by molar-refractivity contribution is 5.95. The molecule has 1 heterocycles. The van der Waals surface area contributed by atoms with Crippen LogP contribution in [-0.4, -0.2) is 18.6 Å². The highest BCUT2D eigenvalue weighted by atomic mass is 16.5. The van der Waals surface area contributed by atoms with Gasteiger partial charge in [0, 0.05) is 17.5 Å². The number of hydrogen-bond donors (Lipinski definition) is 1. The summed E-state index contributed by atoms with van der Waals surface area (Å²) in [6, 6.07) is 21.4. The van der Waals surface area contributed by atoms with Crippen molar-refractivity contribution in [1.29, 1.82) is 0 Å². The normalized spacial score (nSPS) is 14.9. The predicted molar refractivity (Wildman–Crippen MR) is 109 cm³/mol. The molecular weight excluding hydrogens is 350 g/mol. The highest BCUT2D eigenvalue weighted by Gasteiger charge is 2.24. The molecule has 0 spiro atoms. The summed E-state index contributed by atoms with van der Waals surface area (Å²) in [4.78, 5) is 12.5. The standard InChI is InChI=1S/C24H23NO3/c1-16-8-10-22(17(2)12-16)24(26)25-15-21-14-18-13-20(9-11-23(18)28-21)27-19-6-4-3-5-7-19/h3-13,21H,14-15H2,1-2H3,(H,25,26). The molecule has 1 unspecified atom stereocenters. The molecule has 4 heteroatoms. The summed E-state index contributed by atoms with van der Waals surface area (Å²) in [7, 11) is 0. The fourth-order valence-corrected chi connectivity index (χ4v) is 3.47. The summed E-state index contributed by atoms with van der Waals surface area (Å²) in [6.07, 6.45) is 0.672. The number of fused-ring (bicyclic) bond motifs is 1. The Bertz CT molecular complexity index is 998. The van der Waals surface area contributed by atoms with Crippen LogP contribution in [0.15, 0.2) is 66.7 Å². The molecule has 0 saturated heterocycles. The summed E-state index contributed by atoms with van der Waals surface area (Å²) >= 11 is 0. The number of benzene rings is 3. The average Bonchev–Trinajstić information content (AvgIpc) is 3.09. The van der Waals surface area contributed by atoms with Crippen molar-refractivity contribution < 1.29 is 14.3 Å². The molecule has 1 atom stereocenters. The summed E-state index contributed by atoms with van der Waals surface area (Å²) in [5.41, 5.74) is 3.94. The zero-order chi connectivity index (χ0) is 19.5. The van der Waals surface area contributed by atoms with E-state index in [0.717, 1.165) is 40.4 Å². The van der Waals surface area contributed by atoms with E-state index in [2.05, 4.69) is 5.32 Å². The molecule has 1 aliphatic rings. The van der Waals surface area contributed by atoms with Gasteiger partial charge in [-0.25, -0.2) is 0 Å². The maximum Gasteiger partial charge on any atom is 0.251 e. The Morgan fingerprint density at radius 1 is 1.04 bits per heavy atom. The number of carbonyl (C=O) groups excluding carboxylic acids is 1. The zero-order valence-corrected chi connectivity index (χ0v) is 16.1. The maximum atomic E-state index is 12.5. The second-order valence-electron chi connectivity index (χ2n) is 7.16. The van der Waals surface area contributed by atoms with Gasteiger partial charge in [-0.2, -0.15) is 0 Å². The third-order valence-electron chi connectivity index (χ3n) is 4.87. The van der Waals surface area contributed by atoms with Crippen LogP contribution in [0.3, 0.4) is 0 Å². The third-order valence-corrected chi connectivity index (χ3v) is 4.87. The van der Waals surface area contributed by atoms with Gasteiger partial charge in [-0.1, -0.05) is 35.9 Å². The van der Waals surface area contributed by atoms with E-state index in [-0.39, 0.29) is 12.0 Å². The summed E-state index contributed by atoms with van der Waals surface area (Å²) in [6.45, 7) is 4.45. The molecule has 4 rings (SSSR count). The van der Waals surface area contributed by atoms with Crippen molar-refractivity contribution in [3.8, 4) is 17.2 Å². The number of carbonyl (C=O) groups is 1. The van der Waals surface area contributed by atoms with E-state index < -0.39 is 0 Å². The van der Waals surface area contributed by atoms with Gasteiger partial charge in [-0.3, -0.25) is 4.79 Å². The molecule has 0 aliphatic carbocycles. The van der Waals surface area contributed by atoms with E-state index >= 15 is 0 Å². The quantitative estimate of drug-likeness (QED) is 0.697. The van der Waals surface area contributed by atoms with E-state index in [4.69, 9.17) is 9.47 Å². The molecule has 4 nitrogen and oxygen atoms in total. The predicted octanol–water partition coefficient (Wildman–Crippen LogP) is 4.83. The van der Waals surface area contributed by atoms with Crippen molar-refractivity contribution in [2.24, 2.45) is 0 Å². The zero-order valence-electron chi connectivity index (χ0n) is 16.1. The lowest BCUT2D eigenvalue weighted by atomic mass is 10.0. The molecule has 0 fully saturated rings. The molecule has 1 aliphatic heterocycles. The van der Waals surface area contributed by atoms with Crippen LogP contribution in [0.2, 0.25) is 0 Å². The fourth-order valence-electron chi connectivity index (χ4n) is 3.47. The van der Waals surface area contributed by atoms with Gasteiger partial charge in [0.1, 0.15) is 23.4 Å². The minimum atomic E-state index is -0.0725. The Kier molecular flexibility index (Phi) is 5.02. The minimum Gasteiger partial charge on any atom is -0.488 e. The number of para-hydroxylation sites is 1. The first-order chi connectivity index (χ1) is 13.6. The van der Waals surface area contributed by atoms with Crippen molar-refractivity contribution in [2.75, 3.05) is 6.54 Å². The molecule has 3 aromatic carbocycles. The van der Waals surface area contributed by atoms with Crippen molar-refractivity contribution in [2.45, 2.75) is 26.4 Å². The van der Waals surface area contributed by atoms with Gasteiger partial charge in [0.15, 0.2) is 0 Å². The number of amides is 1. The van der Waals surface area contributed by atoms with Gasteiger partial charge in [0.2, 0.25) is 0 Å². The van der Waals surface area contributed by atoms with E-state index in [1.807, 2.05) is 80.6 Å². The Hall–Kier alpha value is -3.27. The first-order valence-electron chi connectivity index (χ1n) is 9.46. The van der Waals surface area contributed by atoms with Crippen LogP contribution < -0.4 is 14.8 Å². The monoisotopic (exact) mass is 373 g/mol. The summed E-state index contributed by atoms with van der Waals surface area (Å²) in [5.74, 6) is 2.38. The third kappa shape index (κ3) is 4.01. The van der Waals surface area contributed by atoms with Crippen molar-refractivity contribution in [3.63, 3.8) is 0 Å². The minimum absolute atomic E-state index is 0.0647. The molecular formula is C24H23NO3. The van der Waals surface area contributed by atoms with Crippen LogP contribution in [0.1, 0.15) is 27.0 Å². The molecule has 142 valence electrons.